The van der Waals surface area contributed by atoms with Crippen molar-refractivity contribution in [2.45, 2.75) is 26.3 Å². The smallest absolute Gasteiger partial charge is 0.212 e. The van der Waals surface area contributed by atoms with Crippen molar-refractivity contribution in [3.05, 3.63) is 47.9 Å². The maximum Gasteiger partial charge on any atom is 0.212 e. The molecule has 0 fully saturated rings. The molecule has 128 valence electrons. The zero-order chi connectivity index (χ0) is 17.8. The number of oxime groups is 1. The van der Waals surface area contributed by atoms with Gasteiger partial charge in [-0.25, -0.2) is 4.98 Å². The summed E-state index contributed by atoms with van der Waals surface area (Å²) >= 11 is 0. The molecule has 0 saturated carbocycles. The summed E-state index contributed by atoms with van der Waals surface area (Å²) in [4.78, 5) is 19.2. The van der Waals surface area contributed by atoms with Gasteiger partial charge >= 0.3 is 0 Å². The second-order valence-corrected chi connectivity index (χ2v) is 5.75. The average Bonchev–Trinajstić information content (AvgIpc) is 2.63. The topological polar surface area (TPSA) is 99.5 Å². The number of dihydropyridines is 1. The third-order valence-electron chi connectivity index (χ3n) is 4.18. The predicted octanol–water partition coefficient (Wildman–Crippen LogP) is 2.70. The lowest BCUT2D eigenvalue weighted by molar-refractivity contribution is -0.105. The number of pyridine rings is 2. The lowest BCUT2D eigenvalue weighted by Gasteiger charge is -2.22. The van der Waals surface area contributed by atoms with Crippen molar-refractivity contribution in [1.82, 2.24) is 15.3 Å². The summed E-state index contributed by atoms with van der Waals surface area (Å²) in [5.74, 6) is 0.468. The van der Waals surface area contributed by atoms with E-state index in [9.17, 15) is 4.79 Å². The maximum atomic E-state index is 10.5. The molecule has 7 heteroatoms. The van der Waals surface area contributed by atoms with Crippen LogP contribution in [0.5, 0.6) is 0 Å². The highest BCUT2D eigenvalue weighted by atomic mass is 16.4. The number of hydrogen-bond donors (Lipinski definition) is 3. The van der Waals surface area contributed by atoms with Crippen LogP contribution in [-0.2, 0) is 4.79 Å². The van der Waals surface area contributed by atoms with Gasteiger partial charge in [-0.1, -0.05) is 18.2 Å². The van der Waals surface area contributed by atoms with Gasteiger partial charge in [-0.3, -0.25) is 9.78 Å². The van der Waals surface area contributed by atoms with Crippen LogP contribution in [-0.4, -0.2) is 33.3 Å². The van der Waals surface area contributed by atoms with E-state index in [4.69, 9.17) is 5.21 Å². The Morgan fingerprint density at radius 1 is 1.40 bits per heavy atom. The molecule has 0 radical (unpaired) electrons. The zero-order valence-corrected chi connectivity index (χ0v) is 14.0. The van der Waals surface area contributed by atoms with Crippen molar-refractivity contribution in [3.63, 3.8) is 0 Å². The fourth-order valence-corrected chi connectivity index (χ4v) is 2.84. The summed E-state index contributed by atoms with van der Waals surface area (Å²) in [6.45, 7) is 3.97. The number of carbonyl (C=O) groups excluding carboxylic acids is 1. The van der Waals surface area contributed by atoms with Gasteiger partial charge in [0.05, 0.1) is 17.3 Å². The third-order valence-corrected chi connectivity index (χ3v) is 4.18. The molecule has 1 amide bonds. The molecule has 1 atom stereocenters. The lowest BCUT2D eigenvalue weighted by Crippen LogP contribution is -2.33. The van der Waals surface area contributed by atoms with E-state index in [1.54, 1.807) is 18.5 Å². The molecular weight excluding hydrogens is 318 g/mol. The van der Waals surface area contributed by atoms with E-state index in [1.165, 1.54) is 0 Å². The summed E-state index contributed by atoms with van der Waals surface area (Å²) in [6.07, 6.45) is 8.68. The molecule has 0 saturated heterocycles. The highest BCUT2D eigenvalue weighted by Crippen LogP contribution is 2.27. The monoisotopic (exact) mass is 337 g/mol. The Labute approximate surface area is 145 Å². The number of hydrogen-bond acceptors (Lipinski definition) is 6. The number of nitrogens with one attached hydrogen (secondary N) is 2. The molecule has 0 aliphatic carbocycles. The van der Waals surface area contributed by atoms with Crippen LogP contribution in [0.4, 0.5) is 5.82 Å². The summed E-state index contributed by atoms with van der Waals surface area (Å²) in [5.41, 5.74) is 4.50. The van der Waals surface area contributed by atoms with Crippen molar-refractivity contribution in [1.29, 1.82) is 0 Å². The van der Waals surface area contributed by atoms with Gasteiger partial charge in [-0.05, 0) is 25.0 Å². The largest absolute Gasteiger partial charge is 0.411 e. The SMILES string of the molecule is CC/C(=N/O)C1C=C(C)C(c2cnc3cc(NC=O)ncc3c2)=CN1. The fourth-order valence-electron chi connectivity index (χ4n) is 2.84. The van der Waals surface area contributed by atoms with Crippen molar-refractivity contribution in [2.24, 2.45) is 5.16 Å². The second kappa shape index (κ2) is 7.12. The van der Waals surface area contributed by atoms with Crippen LogP contribution in [0.3, 0.4) is 0 Å². The van der Waals surface area contributed by atoms with E-state index in [0.29, 0.717) is 24.4 Å². The molecule has 2 aromatic rings. The molecular formula is C18H19N5O2. The van der Waals surface area contributed by atoms with Gasteiger partial charge in [-0.2, -0.15) is 0 Å². The van der Waals surface area contributed by atoms with E-state index in [2.05, 4.69) is 25.8 Å². The van der Waals surface area contributed by atoms with Gasteiger partial charge in [0, 0.05) is 41.2 Å². The van der Waals surface area contributed by atoms with Crippen LogP contribution in [0.25, 0.3) is 16.5 Å². The molecule has 3 rings (SSSR count). The van der Waals surface area contributed by atoms with Crippen molar-refractivity contribution in [3.8, 4) is 0 Å². The van der Waals surface area contributed by atoms with E-state index >= 15 is 0 Å². The standard InChI is InChI=1S/C18H19N5O2/c1-3-15(23-25)17-4-11(2)14(9-20-17)12-5-13-8-21-18(22-10-24)6-16(13)19-7-12/h4-10,17,20,25H,3H2,1-2H3,(H,21,22,24)/b23-15-. The Balaban J connectivity index is 1.91. The Bertz CT molecular complexity index is 901. The number of fused-ring (bicyclic) bond motifs is 1. The number of carbonyl (C=O) groups is 1. The van der Waals surface area contributed by atoms with E-state index in [0.717, 1.165) is 27.6 Å². The minimum Gasteiger partial charge on any atom is -0.411 e. The molecule has 7 nitrogen and oxygen atoms in total. The van der Waals surface area contributed by atoms with Gasteiger partial charge in [0.1, 0.15) is 5.82 Å². The van der Waals surface area contributed by atoms with Crippen LogP contribution in [0.1, 0.15) is 25.8 Å². The van der Waals surface area contributed by atoms with Gasteiger partial charge in [0.15, 0.2) is 0 Å². The number of amides is 1. The first-order valence-corrected chi connectivity index (χ1v) is 7.98. The molecule has 0 bridgehead atoms. The molecule has 2 aromatic heterocycles. The van der Waals surface area contributed by atoms with Crippen LogP contribution in [0, 0.1) is 0 Å². The van der Waals surface area contributed by atoms with Gasteiger partial charge < -0.3 is 15.8 Å². The number of allylic oxidation sites excluding steroid dienone is 2. The molecule has 25 heavy (non-hydrogen) atoms. The zero-order valence-electron chi connectivity index (χ0n) is 14.0. The molecule has 1 unspecified atom stereocenters. The van der Waals surface area contributed by atoms with Crippen LogP contribution in [0.2, 0.25) is 0 Å². The highest BCUT2D eigenvalue weighted by Gasteiger charge is 2.18. The fraction of sp³-hybridized carbons (Fsp3) is 0.222. The summed E-state index contributed by atoms with van der Waals surface area (Å²) in [7, 11) is 0. The minimum atomic E-state index is -0.106. The molecule has 3 N–H and O–H groups in total. The molecule has 3 heterocycles. The van der Waals surface area contributed by atoms with E-state index in [1.807, 2.05) is 32.2 Å². The van der Waals surface area contributed by atoms with E-state index < -0.39 is 0 Å². The number of aromatic nitrogens is 2. The van der Waals surface area contributed by atoms with Crippen LogP contribution in [0.15, 0.2) is 47.5 Å². The van der Waals surface area contributed by atoms with Crippen molar-refractivity contribution in [2.75, 3.05) is 5.32 Å². The van der Waals surface area contributed by atoms with Gasteiger partial charge in [0.25, 0.3) is 0 Å². The Kier molecular flexibility index (Phi) is 4.74. The average molecular weight is 337 g/mol. The van der Waals surface area contributed by atoms with Crippen molar-refractivity contribution >= 4 is 34.4 Å². The van der Waals surface area contributed by atoms with Gasteiger partial charge in [0.2, 0.25) is 6.41 Å². The molecule has 0 spiro atoms. The van der Waals surface area contributed by atoms with Crippen LogP contribution < -0.4 is 10.6 Å². The number of rotatable bonds is 5. The second-order valence-electron chi connectivity index (χ2n) is 5.75. The maximum absolute atomic E-state index is 10.5. The summed E-state index contributed by atoms with van der Waals surface area (Å²) < 4.78 is 0. The summed E-state index contributed by atoms with van der Waals surface area (Å²) in [5, 5.41) is 19.1. The van der Waals surface area contributed by atoms with E-state index in [-0.39, 0.29) is 6.04 Å². The normalized spacial score (nSPS) is 17.5. The Hall–Kier alpha value is -3.22. The van der Waals surface area contributed by atoms with Crippen molar-refractivity contribution < 1.29 is 10.0 Å². The van der Waals surface area contributed by atoms with Crippen LogP contribution >= 0.6 is 0 Å². The van der Waals surface area contributed by atoms with Gasteiger partial charge in [-0.15, -0.1) is 0 Å². The third kappa shape index (κ3) is 3.35. The first kappa shape index (κ1) is 16.6. The summed E-state index contributed by atoms with van der Waals surface area (Å²) in [6, 6.07) is 3.63. The number of anilines is 1. The minimum absolute atomic E-state index is 0.106. The highest BCUT2D eigenvalue weighted by molar-refractivity contribution is 5.94. The molecule has 0 aromatic carbocycles. The lowest BCUT2D eigenvalue weighted by atomic mass is 9.94. The molecule has 1 aliphatic rings. The number of nitrogens with zero attached hydrogens (tertiary/aromatic N) is 3. The predicted molar refractivity (Wildman–Crippen MR) is 97.4 cm³/mol. The first-order chi connectivity index (χ1) is 12.2. The molecule has 1 aliphatic heterocycles. The quantitative estimate of drug-likeness (QED) is 0.337. The Morgan fingerprint density at radius 3 is 2.92 bits per heavy atom. The first-order valence-electron chi connectivity index (χ1n) is 7.98. The Morgan fingerprint density at radius 2 is 2.24 bits per heavy atom.